The Kier molecular flexibility index (Phi) is 3.38. The molecule has 0 aromatic carbocycles. The van der Waals surface area contributed by atoms with Gasteiger partial charge in [0.05, 0.1) is 14.2 Å². The van der Waals surface area contributed by atoms with E-state index in [0.29, 0.717) is 5.95 Å². The summed E-state index contributed by atoms with van der Waals surface area (Å²) >= 11 is 0. The van der Waals surface area contributed by atoms with E-state index in [1.807, 2.05) is 0 Å². The highest BCUT2D eigenvalue weighted by molar-refractivity contribution is 5.27. The van der Waals surface area contributed by atoms with Gasteiger partial charge in [-0.3, -0.25) is 0 Å². The van der Waals surface area contributed by atoms with Crippen LogP contribution in [-0.2, 0) is 0 Å². The highest BCUT2D eigenvalue weighted by atomic mass is 16.5. The van der Waals surface area contributed by atoms with Crippen LogP contribution in [0.5, 0.6) is 12.0 Å². The van der Waals surface area contributed by atoms with Crippen molar-refractivity contribution in [2.45, 2.75) is 19.3 Å². The normalized spacial score (nSPS) is 15.4. The average Bonchev–Trinajstić information content (AvgIpc) is 2.26. The summed E-state index contributed by atoms with van der Waals surface area (Å²) in [7, 11) is 3.04. The smallest absolute Gasteiger partial charge is 0.324 e. The molecule has 0 radical (unpaired) electrons. The minimum Gasteiger partial charge on any atom is -0.467 e. The monoisotopic (exact) mass is 224 g/mol. The fourth-order valence-electron chi connectivity index (χ4n) is 1.53. The van der Waals surface area contributed by atoms with Crippen LogP contribution in [0.3, 0.4) is 0 Å². The molecule has 0 spiro atoms. The van der Waals surface area contributed by atoms with Crippen LogP contribution < -0.4 is 14.8 Å². The third kappa shape index (κ3) is 2.50. The van der Waals surface area contributed by atoms with Gasteiger partial charge in [-0.15, -0.1) is 4.98 Å². The van der Waals surface area contributed by atoms with Gasteiger partial charge in [-0.1, -0.05) is 6.42 Å². The molecule has 0 aliphatic heterocycles. The van der Waals surface area contributed by atoms with E-state index in [4.69, 9.17) is 9.47 Å². The first-order valence-electron chi connectivity index (χ1n) is 5.39. The molecular weight excluding hydrogens is 208 g/mol. The Morgan fingerprint density at radius 1 is 1.12 bits per heavy atom. The summed E-state index contributed by atoms with van der Waals surface area (Å²) in [5, 5.41) is 3.17. The van der Waals surface area contributed by atoms with Crippen molar-refractivity contribution < 1.29 is 9.47 Å². The van der Waals surface area contributed by atoms with Gasteiger partial charge in [0.25, 0.3) is 0 Å². The molecule has 16 heavy (non-hydrogen) atoms. The van der Waals surface area contributed by atoms with Gasteiger partial charge in [-0.2, -0.15) is 9.97 Å². The lowest BCUT2D eigenvalue weighted by atomic mass is 9.85. The molecule has 1 heterocycles. The maximum Gasteiger partial charge on any atom is 0.324 e. The van der Waals surface area contributed by atoms with E-state index >= 15 is 0 Å². The Hall–Kier alpha value is -1.59. The topological polar surface area (TPSA) is 69.2 Å². The number of nitrogens with zero attached hydrogens (tertiary/aromatic N) is 3. The van der Waals surface area contributed by atoms with E-state index in [9.17, 15) is 0 Å². The predicted molar refractivity (Wildman–Crippen MR) is 58.8 cm³/mol. The first kappa shape index (κ1) is 10.9. The van der Waals surface area contributed by atoms with Crippen molar-refractivity contribution >= 4 is 5.95 Å². The van der Waals surface area contributed by atoms with Crippen LogP contribution in [0.25, 0.3) is 0 Å². The molecule has 0 unspecified atom stereocenters. The third-order valence-corrected chi connectivity index (χ3v) is 2.73. The summed E-state index contributed by atoms with van der Waals surface area (Å²) < 4.78 is 9.92. The average molecular weight is 224 g/mol. The molecule has 2 rings (SSSR count). The molecule has 88 valence electrons. The predicted octanol–water partition coefficient (Wildman–Crippen LogP) is 1.10. The zero-order chi connectivity index (χ0) is 11.4. The lowest BCUT2D eigenvalue weighted by molar-refractivity contribution is 0.329. The summed E-state index contributed by atoms with van der Waals surface area (Å²) in [6.07, 6.45) is 3.90. The second-order valence-electron chi connectivity index (χ2n) is 3.81. The Balaban J connectivity index is 2.00. The van der Waals surface area contributed by atoms with Crippen LogP contribution in [0.1, 0.15) is 19.3 Å². The minimum absolute atomic E-state index is 0.267. The zero-order valence-corrected chi connectivity index (χ0v) is 9.56. The van der Waals surface area contributed by atoms with Crippen LogP contribution >= 0.6 is 0 Å². The molecule has 0 amide bonds. The molecule has 1 aliphatic rings. The molecule has 1 aromatic heterocycles. The Morgan fingerprint density at radius 2 is 1.75 bits per heavy atom. The van der Waals surface area contributed by atoms with Crippen molar-refractivity contribution in [3.63, 3.8) is 0 Å². The quantitative estimate of drug-likeness (QED) is 0.807. The van der Waals surface area contributed by atoms with E-state index in [2.05, 4.69) is 20.3 Å². The van der Waals surface area contributed by atoms with Crippen LogP contribution in [0.15, 0.2) is 0 Å². The number of methoxy groups -OCH3 is 2. The molecule has 0 saturated heterocycles. The number of ether oxygens (including phenoxy) is 2. The Labute approximate surface area is 94.4 Å². The van der Waals surface area contributed by atoms with E-state index < -0.39 is 0 Å². The van der Waals surface area contributed by atoms with Crippen LogP contribution in [0.4, 0.5) is 5.95 Å². The SMILES string of the molecule is COc1nc(NCC2CCC2)nc(OC)n1. The summed E-state index contributed by atoms with van der Waals surface area (Å²) in [4.78, 5) is 12.1. The molecule has 1 saturated carbocycles. The summed E-state index contributed by atoms with van der Waals surface area (Å²) in [6, 6.07) is 0.533. The zero-order valence-electron chi connectivity index (χ0n) is 9.56. The molecule has 1 aromatic rings. The standard InChI is InChI=1S/C10H16N4O2/c1-15-9-12-8(13-10(14-9)16-2)11-6-7-4-3-5-7/h7H,3-6H2,1-2H3,(H,11,12,13,14). The van der Waals surface area contributed by atoms with Gasteiger partial charge in [-0.05, 0) is 18.8 Å². The van der Waals surface area contributed by atoms with E-state index in [0.717, 1.165) is 12.5 Å². The molecule has 0 atom stereocenters. The lowest BCUT2D eigenvalue weighted by Gasteiger charge is -2.25. The number of nitrogens with one attached hydrogen (secondary N) is 1. The second-order valence-corrected chi connectivity index (χ2v) is 3.81. The van der Waals surface area contributed by atoms with Gasteiger partial charge in [0.2, 0.25) is 5.95 Å². The van der Waals surface area contributed by atoms with E-state index in [1.54, 1.807) is 0 Å². The molecule has 0 bridgehead atoms. The Bertz CT molecular complexity index is 332. The van der Waals surface area contributed by atoms with Gasteiger partial charge in [-0.25, -0.2) is 0 Å². The largest absolute Gasteiger partial charge is 0.467 e. The van der Waals surface area contributed by atoms with Crippen molar-refractivity contribution in [1.82, 2.24) is 15.0 Å². The van der Waals surface area contributed by atoms with Crippen molar-refractivity contribution in [2.75, 3.05) is 26.1 Å². The Morgan fingerprint density at radius 3 is 2.19 bits per heavy atom. The van der Waals surface area contributed by atoms with Gasteiger partial charge >= 0.3 is 12.0 Å². The van der Waals surface area contributed by atoms with Crippen LogP contribution in [-0.4, -0.2) is 35.7 Å². The van der Waals surface area contributed by atoms with Crippen molar-refractivity contribution in [2.24, 2.45) is 5.92 Å². The van der Waals surface area contributed by atoms with Crippen LogP contribution in [0.2, 0.25) is 0 Å². The van der Waals surface area contributed by atoms with E-state index in [1.165, 1.54) is 33.5 Å². The first-order chi connectivity index (χ1) is 7.81. The van der Waals surface area contributed by atoms with Crippen molar-refractivity contribution in [1.29, 1.82) is 0 Å². The fraction of sp³-hybridized carbons (Fsp3) is 0.700. The van der Waals surface area contributed by atoms with Gasteiger partial charge in [0.1, 0.15) is 0 Å². The number of aromatic nitrogens is 3. The summed E-state index contributed by atoms with van der Waals surface area (Å²) in [5.41, 5.74) is 0. The minimum atomic E-state index is 0.267. The van der Waals surface area contributed by atoms with Gasteiger partial charge in [0.15, 0.2) is 0 Å². The summed E-state index contributed by atoms with van der Waals surface area (Å²) in [6.45, 7) is 0.899. The maximum atomic E-state index is 4.96. The van der Waals surface area contributed by atoms with E-state index in [-0.39, 0.29) is 12.0 Å². The molecule has 6 heteroatoms. The fourth-order valence-corrected chi connectivity index (χ4v) is 1.53. The van der Waals surface area contributed by atoms with Crippen molar-refractivity contribution in [3.8, 4) is 12.0 Å². The van der Waals surface area contributed by atoms with Crippen LogP contribution in [0, 0.1) is 5.92 Å². The number of anilines is 1. The molecule has 6 nitrogen and oxygen atoms in total. The van der Waals surface area contributed by atoms with Crippen molar-refractivity contribution in [3.05, 3.63) is 0 Å². The molecule has 1 N–H and O–H groups in total. The first-order valence-corrected chi connectivity index (χ1v) is 5.39. The second kappa shape index (κ2) is 4.96. The molecule has 1 fully saturated rings. The molecule has 1 aliphatic carbocycles. The molecular formula is C10H16N4O2. The number of rotatable bonds is 5. The summed E-state index contributed by atoms with van der Waals surface area (Å²) in [5.74, 6) is 1.25. The number of hydrogen-bond donors (Lipinski definition) is 1. The number of hydrogen-bond acceptors (Lipinski definition) is 6. The lowest BCUT2D eigenvalue weighted by Crippen LogP contribution is -2.22. The third-order valence-electron chi connectivity index (χ3n) is 2.73. The van der Waals surface area contributed by atoms with Gasteiger partial charge in [0, 0.05) is 6.54 Å². The highest BCUT2D eigenvalue weighted by Gasteiger charge is 2.17. The maximum absolute atomic E-state index is 4.96. The van der Waals surface area contributed by atoms with Gasteiger partial charge < -0.3 is 14.8 Å². The highest BCUT2D eigenvalue weighted by Crippen LogP contribution is 2.26.